The molecular weight excluding hydrogens is 258 g/mol. The molecule has 0 aliphatic rings. The second-order valence-electron chi connectivity index (χ2n) is 3.24. The highest BCUT2D eigenvalue weighted by Crippen LogP contribution is 2.22. The number of aromatic nitrogens is 2. The highest BCUT2D eigenvalue weighted by atomic mass is 35.5. The van der Waals surface area contributed by atoms with Crippen molar-refractivity contribution in [1.82, 2.24) is 9.97 Å². The van der Waals surface area contributed by atoms with Crippen molar-refractivity contribution in [2.45, 2.75) is 0 Å². The average molecular weight is 266 g/mol. The zero-order chi connectivity index (χ0) is 13.0. The number of nitrogens with zero attached hydrogens (tertiary/aromatic N) is 2. The van der Waals surface area contributed by atoms with E-state index in [4.69, 9.17) is 21.4 Å². The van der Waals surface area contributed by atoms with Gasteiger partial charge in [0.15, 0.2) is 0 Å². The Hall–Kier alpha value is -2.34. The molecule has 6 nitrogen and oxygen atoms in total. The van der Waals surface area contributed by atoms with Crippen LogP contribution in [0, 0.1) is 0 Å². The molecular formula is C11H8ClN3O3. The number of anilines is 1. The van der Waals surface area contributed by atoms with Crippen LogP contribution in [-0.4, -0.2) is 21.2 Å². The summed E-state index contributed by atoms with van der Waals surface area (Å²) in [6.07, 6.45) is 0.170. The second-order valence-corrected chi connectivity index (χ2v) is 3.62. The molecule has 2 aromatic rings. The van der Waals surface area contributed by atoms with Crippen molar-refractivity contribution in [3.05, 3.63) is 41.8 Å². The van der Waals surface area contributed by atoms with E-state index in [-0.39, 0.29) is 5.15 Å². The number of carbonyl (C=O) groups is 1. The molecule has 2 N–H and O–H groups in total. The van der Waals surface area contributed by atoms with E-state index in [2.05, 4.69) is 15.3 Å². The monoisotopic (exact) mass is 265 g/mol. The minimum absolute atomic E-state index is 0.282. The van der Waals surface area contributed by atoms with Crippen molar-refractivity contribution in [3.63, 3.8) is 0 Å². The minimum atomic E-state index is -1.12. The minimum Gasteiger partial charge on any atom is -0.465 e. The third-order valence-electron chi connectivity index (χ3n) is 1.94. The van der Waals surface area contributed by atoms with Gasteiger partial charge in [-0.1, -0.05) is 11.6 Å². The Morgan fingerprint density at radius 2 is 2.00 bits per heavy atom. The number of carboxylic acid groups (broad SMARTS) is 1. The second kappa shape index (κ2) is 5.33. The van der Waals surface area contributed by atoms with E-state index in [1.165, 1.54) is 12.4 Å². The number of ether oxygens (including phenoxy) is 1. The van der Waals surface area contributed by atoms with E-state index in [0.717, 1.165) is 0 Å². The van der Waals surface area contributed by atoms with Crippen LogP contribution >= 0.6 is 11.6 Å². The summed E-state index contributed by atoms with van der Waals surface area (Å²) in [5.74, 6) is 0.828. The molecule has 0 aliphatic heterocycles. The van der Waals surface area contributed by atoms with Crippen LogP contribution in [0.4, 0.5) is 10.5 Å². The van der Waals surface area contributed by atoms with Crippen molar-refractivity contribution >= 4 is 23.4 Å². The Morgan fingerprint density at radius 1 is 1.28 bits per heavy atom. The van der Waals surface area contributed by atoms with Crippen LogP contribution in [0.5, 0.6) is 11.6 Å². The lowest BCUT2D eigenvalue weighted by Crippen LogP contribution is -2.06. The maximum atomic E-state index is 10.4. The van der Waals surface area contributed by atoms with Crippen LogP contribution in [-0.2, 0) is 0 Å². The maximum Gasteiger partial charge on any atom is 0.409 e. The highest BCUT2D eigenvalue weighted by molar-refractivity contribution is 6.29. The third kappa shape index (κ3) is 3.33. The molecule has 0 fully saturated rings. The number of nitrogens with one attached hydrogen (secondary N) is 1. The molecule has 0 unspecified atom stereocenters. The number of hydrogen-bond donors (Lipinski definition) is 2. The molecule has 92 valence electrons. The smallest absolute Gasteiger partial charge is 0.409 e. The standard InChI is InChI=1S/C11H8ClN3O3/c12-9-5-10(14-6-13-9)18-8-3-1-7(2-4-8)15-11(16)17/h1-6,15H,(H,16,17). The molecule has 1 amide bonds. The summed E-state index contributed by atoms with van der Waals surface area (Å²) in [7, 11) is 0. The van der Waals surface area contributed by atoms with Gasteiger partial charge in [-0.3, -0.25) is 5.32 Å². The fraction of sp³-hybridized carbons (Fsp3) is 0. The van der Waals surface area contributed by atoms with E-state index < -0.39 is 6.09 Å². The van der Waals surface area contributed by atoms with Gasteiger partial charge in [-0.2, -0.15) is 0 Å². The third-order valence-corrected chi connectivity index (χ3v) is 2.14. The Kier molecular flexibility index (Phi) is 3.59. The predicted molar refractivity (Wildman–Crippen MR) is 65.2 cm³/mol. The van der Waals surface area contributed by atoms with E-state index in [1.54, 1.807) is 24.3 Å². The molecule has 1 aromatic carbocycles. The summed E-state index contributed by atoms with van der Waals surface area (Å²) in [4.78, 5) is 18.0. The summed E-state index contributed by atoms with van der Waals surface area (Å²) < 4.78 is 5.41. The first-order valence-corrected chi connectivity index (χ1v) is 5.27. The molecule has 0 radical (unpaired) electrons. The van der Waals surface area contributed by atoms with Crippen molar-refractivity contribution in [3.8, 4) is 11.6 Å². The quantitative estimate of drug-likeness (QED) is 0.834. The van der Waals surface area contributed by atoms with Gasteiger partial charge in [0.05, 0.1) is 0 Å². The van der Waals surface area contributed by atoms with Gasteiger partial charge in [0.1, 0.15) is 17.2 Å². The molecule has 0 atom stereocenters. The average Bonchev–Trinajstić information content (AvgIpc) is 2.31. The van der Waals surface area contributed by atoms with Crippen molar-refractivity contribution in [2.75, 3.05) is 5.32 Å². The first-order valence-electron chi connectivity index (χ1n) is 4.89. The first kappa shape index (κ1) is 12.1. The molecule has 1 heterocycles. The lowest BCUT2D eigenvalue weighted by molar-refractivity contribution is 0.209. The van der Waals surface area contributed by atoms with Gasteiger partial charge in [-0.15, -0.1) is 0 Å². The van der Waals surface area contributed by atoms with Crippen LogP contribution in [0.2, 0.25) is 5.15 Å². The number of rotatable bonds is 3. The van der Waals surface area contributed by atoms with E-state index in [9.17, 15) is 4.79 Å². The molecule has 0 spiro atoms. The summed E-state index contributed by atoms with van der Waals surface area (Å²) >= 11 is 5.69. The molecule has 0 bridgehead atoms. The number of hydrogen-bond acceptors (Lipinski definition) is 4. The maximum absolute atomic E-state index is 10.4. The first-order chi connectivity index (χ1) is 8.63. The lowest BCUT2D eigenvalue weighted by Gasteiger charge is -2.05. The van der Waals surface area contributed by atoms with Crippen molar-refractivity contribution in [1.29, 1.82) is 0 Å². The zero-order valence-corrected chi connectivity index (χ0v) is 9.76. The summed E-state index contributed by atoms with van der Waals surface area (Å²) in [5, 5.41) is 11.0. The van der Waals surface area contributed by atoms with Gasteiger partial charge in [-0.05, 0) is 24.3 Å². The van der Waals surface area contributed by atoms with Crippen LogP contribution < -0.4 is 10.1 Å². The Bertz CT molecular complexity index is 560. The zero-order valence-electron chi connectivity index (χ0n) is 9.00. The fourth-order valence-corrected chi connectivity index (χ4v) is 1.36. The topological polar surface area (TPSA) is 84.3 Å². The van der Waals surface area contributed by atoms with Gasteiger partial charge >= 0.3 is 6.09 Å². The van der Waals surface area contributed by atoms with Crippen molar-refractivity contribution in [2.24, 2.45) is 0 Å². The Labute approximate surface area is 107 Å². The normalized spacial score (nSPS) is 9.83. The van der Waals surface area contributed by atoms with E-state index in [1.807, 2.05) is 0 Å². The van der Waals surface area contributed by atoms with Crippen LogP contribution in [0.1, 0.15) is 0 Å². The molecule has 1 aromatic heterocycles. The Balaban J connectivity index is 2.08. The van der Waals surface area contributed by atoms with Gasteiger partial charge in [-0.25, -0.2) is 14.8 Å². The molecule has 18 heavy (non-hydrogen) atoms. The van der Waals surface area contributed by atoms with Gasteiger partial charge in [0.2, 0.25) is 5.88 Å². The molecule has 0 aliphatic carbocycles. The number of benzene rings is 1. The SMILES string of the molecule is O=C(O)Nc1ccc(Oc2cc(Cl)ncn2)cc1. The van der Waals surface area contributed by atoms with E-state index >= 15 is 0 Å². The molecule has 0 saturated heterocycles. The number of halogens is 1. The van der Waals surface area contributed by atoms with Gasteiger partial charge in [0, 0.05) is 11.8 Å². The fourth-order valence-electron chi connectivity index (χ4n) is 1.22. The van der Waals surface area contributed by atoms with Crippen LogP contribution in [0.3, 0.4) is 0 Å². The summed E-state index contributed by atoms with van der Waals surface area (Å²) in [6.45, 7) is 0. The largest absolute Gasteiger partial charge is 0.465 e. The number of amides is 1. The molecule has 7 heteroatoms. The molecule has 0 saturated carbocycles. The van der Waals surface area contributed by atoms with Crippen LogP contribution in [0.25, 0.3) is 0 Å². The molecule has 2 rings (SSSR count). The summed E-state index contributed by atoms with van der Waals surface area (Å²) in [5.41, 5.74) is 0.454. The Morgan fingerprint density at radius 3 is 2.61 bits per heavy atom. The van der Waals surface area contributed by atoms with E-state index in [0.29, 0.717) is 17.3 Å². The highest BCUT2D eigenvalue weighted by Gasteiger charge is 2.01. The van der Waals surface area contributed by atoms with Crippen molar-refractivity contribution < 1.29 is 14.6 Å². The predicted octanol–water partition coefficient (Wildman–Crippen LogP) is 3.01. The van der Waals surface area contributed by atoms with Crippen LogP contribution in [0.15, 0.2) is 36.7 Å². The van der Waals surface area contributed by atoms with Gasteiger partial charge < -0.3 is 9.84 Å². The summed E-state index contributed by atoms with van der Waals surface area (Å²) in [6, 6.07) is 7.85. The lowest BCUT2D eigenvalue weighted by atomic mass is 10.3. The van der Waals surface area contributed by atoms with Gasteiger partial charge in [0.25, 0.3) is 0 Å².